The Balaban J connectivity index is 1.99. The summed E-state index contributed by atoms with van der Waals surface area (Å²) in [7, 11) is 2.03. The summed E-state index contributed by atoms with van der Waals surface area (Å²) in [5, 5.41) is 3.39. The van der Waals surface area contributed by atoms with Gasteiger partial charge in [-0.05, 0) is 64.3 Å². The van der Waals surface area contributed by atoms with Gasteiger partial charge in [0.1, 0.15) is 12.4 Å². The van der Waals surface area contributed by atoms with Gasteiger partial charge in [0.25, 0.3) is 0 Å². The van der Waals surface area contributed by atoms with Crippen molar-refractivity contribution in [1.29, 1.82) is 0 Å². The van der Waals surface area contributed by atoms with Crippen molar-refractivity contribution in [3.63, 3.8) is 0 Å². The first-order chi connectivity index (χ1) is 9.51. The number of fused-ring (bicyclic) bond motifs is 1. The van der Waals surface area contributed by atoms with Crippen LogP contribution in [0.15, 0.2) is 18.2 Å². The maximum absolute atomic E-state index is 5.94. The van der Waals surface area contributed by atoms with Crippen LogP contribution < -0.4 is 10.1 Å². The quantitative estimate of drug-likeness (QED) is 0.836. The number of hydrogen-bond donors (Lipinski definition) is 1. The maximum Gasteiger partial charge on any atom is 0.122 e. The smallest absolute Gasteiger partial charge is 0.122 e. The molecule has 2 rings (SSSR count). The second kappa shape index (κ2) is 6.59. The Hall–Kier alpha value is -1.06. The van der Waals surface area contributed by atoms with Crippen LogP contribution in [0.1, 0.15) is 50.8 Å². The van der Waals surface area contributed by atoms with Crippen LogP contribution in [0.5, 0.6) is 5.75 Å². The van der Waals surface area contributed by atoms with Crippen LogP contribution in [-0.2, 0) is 11.2 Å². The van der Waals surface area contributed by atoms with Crippen molar-refractivity contribution in [1.82, 2.24) is 5.32 Å². The van der Waals surface area contributed by atoms with Crippen molar-refractivity contribution in [2.24, 2.45) is 0 Å². The predicted octanol–water partition coefficient (Wildman–Crippen LogP) is 3.48. The molecular weight excluding hydrogens is 250 g/mol. The van der Waals surface area contributed by atoms with Crippen LogP contribution in [0.3, 0.4) is 0 Å². The molecule has 0 fully saturated rings. The minimum Gasteiger partial charge on any atom is -0.491 e. The number of nitrogens with one attached hydrogen (secondary N) is 1. The van der Waals surface area contributed by atoms with E-state index in [1.807, 2.05) is 7.05 Å². The molecule has 0 saturated carbocycles. The van der Waals surface area contributed by atoms with E-state index in [-0.39, 0.29) is 5.60 Å². The molecule has 1 aliphatic rings. The van der Waals surface area contributed by atoms with Crippen molar-refractivity contribution in [3.8, 4) is 5.75 Å². The molecular formula is C17H27NO2. The number of hydrogen-bond acceptors (Lipinski definition) is 3. The maximum atomic E-state index is 5.94. The molecule has 1 atom stereocenters. The Morgan fingerprint density at radius 3 is 2.75 bits per heavy atom. The van der Waals surface area contributed by atoms with Gasteiger partial charge in [-0.15, -0.1) is 0 Å². The molecule has 0 spiro atoms. The Bertz CT molecular complexity index is 437. The summed E-state index contributed by atoms with van der Waals surface area (Å²) in [6.45, 7) is 7.43. The first kappa shape index (κ1) is 15.3. The Morgan fingerprint density at radius 2 is 2.05 bits per heavy atom. The lowest BCUT2D eigenvalue weighted by molar-refractivity contribution is -0.0164. The van der Waals surface area contributed by atoms with Gasteiger partial charge in [0.05, 0.1) is 12.2 Å². The lowest BCUT2D eigenvalue weighted by atomic mass is 9.87. The van der Waals surface area contributed by atoms with Gasteiger partial charge in [0.2, 0.25) is 0 Å². The van der Waals surface area contributed by atoms with Crippen LogP contribution in [0, 0.1) is 0 Å². The highest BCUT2D eigenvalue weighted by atomic mass is 16.5. The summed E-state index contributed by atoms with van der Waals surface area (Å²) in [6, 6.07) is 6.85. The topological polar surface area (TPSA) is 30.5 Å². The van der Waals surface area contributed by atoms with Gasteiger partial charge in [-0.2, -0.15) is 0 Å². The highest BCUT2D eigenvalue weighted by Gasteiger charge is 2.21. The third kappa shape index (κ3) is 3.97. The largest absolute Gasteiger partial charge is 0.491 e. The van der Waals surface area contributed by atoms with Crippen molar-refractivity contribution < 1.29 is 9.47 Å². The summed E-state index contributed by atoms with van der Waals surface area (Å²) >= 11 is 0. The fourth-order valence-electron chi connectivity index (χ4n) is 2.75. The van der Waals surface area contributed by atoms with Crippen LogP contribution in [-0.4, -0.2) is 25.9 Å². The second-order valence-electron chi connectivity index (χ2n) is 6.37. The summed E-state index contributed by atoms with van der Waals surface area (Å²) < 4.78 is 11.6. The molecule has 20 heavy (non-hydrogen) atoms. The van der Waals surface area contributed by atoms with E-state index in [0.717, 1.165) is 12.2 Å². The normalized spacial score (nSPS) is 18.7. The predicted molar refractivity (Wildman–Crippen MR) is 82.4 cm³/mol. The molecule has 1 unspecified atom stereocenters. The van der Waals surface area contributed by atoms with Crippen molar-refractivity contribution in [2.45, 2.75) is 51.7 Å². The summed E-state index contributed by atoms with van der Waals surface area (Å²) in [5.74, 6) is 1.03. The fraction of sp³-hybridized carbons (Fsp3) is 0.647. The van der Waals surface area contributed by atoms with Gasteiger partial charge in [-0.25, -0.2) is 0 Å². The second-order valence-corrected chi connectivity index (χ2v) is 6.37. The van der Waals surface area contributed by atoms with Gasteiger partial charge < -0.3 is 14.8 Å². The average Bonchev–Trinajstić information content (AvgIpc) is 2.42. The molecule has 1 aliphatic carbocycles. The molecule has 3 nitrogen and oxygen atoms in total. The molecule has 1 aromatic rings. The third-order valence-electron chi connectivity index (χ3n) is 3.69. The van der Waals surface area contributed by atoms with Crippen LogP contribution in [0.2, 0.25) is 0 Å². The molecule has 0 amide bonds. The van der Waals surface area contributed by atoms with Gasteiger partial charge in [0, 0.05) is 6.04 Å². The zero-order valence-corrected chi connectivity index (χ0v) is 13.2. The average molecular weight is 277 g/mol. The van der Waals surface area contributed by atoms with Gasteiger partial charge in [-0.1, -0.05) is 12.1 Å². The molecule has 0 aliphatic heterocycles. The molecule has 0 heterocycles. The Labute approximate surface area is 122 Å². The van der Waals surface area contributed by atoms with Crippen LogP contribution >= 0.6 is 0 Å². The molecule has 0 radical (unpaired) electrons. The van der Waals surface area contributed by atoms with E-state index in [1.165, 1.54) is 24.0 Å². The molecule has 112 valence electrons. The minimum absolute atomic E-state index is 0.100. The van der Waals surface area contributed by atoms with Crippen molar-refractivity contribution >= 4 is 0 Å². The molecule has 0 bridgehead atoms. The number of ether oxygens (including phenoxy) is 2. The van der Waals surface area contributed by atoms with E-state index >= 15 is 0 Å². The minimum atomic E-state index is -0.100. The Kier molecular flexibility index (Phi) is 5.06. The lowest BCUT2D eigenvalue weighted by Crippen LogP contribution is -2.24. The van der Waals surface area contributed by atoms with Gasteiger partial charge in [-0.3, -0.25) is 0 Å². The van der Waals surface area contributed by atoms with E-state index in [4.69, 9.17) is 9.47 Å². The Morgan fingerprint density at radius 1 is 1.25 bits per heavy atom. The zero-order chi connectivity index (χ0) is 14.6. The zero-order valence-electron chi connectivity index (χ0n) is 13.2. The SMILES string of the molecule is CNC1CCCc2c(OCCOC(C)(C)C)cccc21. The fourth-order valence-corrected chi connectivity index (χ4v) is 2.75. The molecule has 0 aromatic heterocycles. The van der Waals surface area contributed by atoms with E-state index < -0.39 is 0 Å². The summed E-state index contributed by atoms with van der Waals surface area (Å²) in [4.78, 5) is 0. The third-order valence-corrected chi connectivity index (χ3v) is 3.69. The van der Waals surface area contributed by atoms with Gasteiger partial charge >= 0.3 is 0 Å². The number of rotatable bonds is 5. The summed E-state index contributed by atoms with van der Waals surface area (Å²) in [5.41, 5.74) is 2.67. The van der Waals surface area contributed by atoms with Crippen molar-refractivity contribution in [3.05, 3.63) is 29.3 Å². The lowest BCUT2D eigenvalue weighted by Gasteiger charge is -2.27. The molecule has 1 N–H and O–H groups in total. The van der Waals surface area contributed by atoms with E-state index in [0.29, 0.717) is 19.3 Å². The van der Waals surface area contributed by atoms with E-state index in [1.54, 1.807) is 0 Å². The van der Waals surface area contributed by atoms with E-state index in [9.17, 15) is 0 Å². The first-order valence-corrected chi connectivity index (χ1v) is 7.57. The number of benzene rings is 1. The van der Waals surface area contributed by atoms with Crippen molar-refractivity contribution in [2.75, 3.05) is 20.3 Å². The molecule has 0 saturated heterocycles. The highest BCUT2D eigenvalue weighted by molar-refractivity contribution is 5.43. The standard InChI is InChI=1S/C17H27NO2/c1-17(2,3)20-12-11-19-16-10-6-7-13-14(16)8-5-9-15(13)18-4/h6-7,10,15,18H,5,8-9,11-12H2,1-4H3. The van der Waals surface area contributed by atoms with Crippen LogP contribution in [0.4, 0.5) is 0 Å². The molecule has 1 aromatic carbocycles. The summed E-state index contributed by atoms with van der Waals surface area (Å²) in [6.07, 6.45) is 3.54. The van der Waals surface area contributed by atoms with Crippen LogP contribution in [0.25, 0.3) is 0 Å². The van der Waals surface area contributed by atoms with E-state index in [2.05, 4.69) is 44.3 Å². The molecule has 3 heteroatoms. The monoisotopic (exact) mass is 277 g/mol. The van der Waals surface area contributed by atoms with Gasteiger partial charge in [0.15, 0.2) is 0 Å². The highest BCUT2D eigenvalue weighted by Crippen LogP contribution is 2.35. The first-order valence-electron chi connectivity index (χ1n) is 7.57.